The van der Waals surface area contributed by atoms with Gasteiger partial charge in [0, 0.05) is 11.8 Å². The minimum Gasteiger partial charge on any atom is -0.495 e. The van der Waals surface area contributed by atoms with Gasteiger partial charge >= 0.3 is 0 Å². The highest BCUT2D eigenvalue weighted by Gasteiger charge is 2.13. The molecule has 0 spiro atoms. The Balaban J connectivity index is 1.74. The van der Waals surface area contributed by atoms with Crippen molar-refractivity contribution in [2.45, 2.75) is 20.4 Å². The van der Waals surface area contributed by atoms with Crippen LogP contribution in [0.2, 0.25) is 0 Å². The van der Waals surface area contributed by atoms with E-state index in [1.807, 2.05) is 26.0 Å². The van der Waals surface area contributed by atoms with Crippen molar-refractivity contribution in [3.05, 3.63) is 81.8 Å². The zero-order valence-electron chi connectivity index (χ0n) is 16.9. The molecule has 2 aromatic carbocycles. The van der Waals surface area contributed by atoms with Gasteiger partial charge in [0.15, 0.2) is 0 Å². The Morgan fingerprint density at radius 3 is 2.50 bits per heavy atom. The van der Waals surface area contributed by atoms with Crippen LogP contribution in [0.4, 0.5) is 11.4 Å². The minimum atomic E-state index is -0.493. The third-order valence-electron chi connectivity index (χ3n) is 4.54. The van der Waals surface area contributed by atoms with Gasteiger partial charge in [-0.15, -0.1) is 0 Å². The summed E-state index contributed by atoms with van der Waals surface area (Å²) in [4.78, 5) is 37.0. The lowest BCUT2D eigenvalue weighted by Gasteiger charge is -2.11. The second-order valence-electron chi connectivity index (χ2n) is 6.72. The monoisotopic (exact) mass is 406 g/mol. The molecular formula is C22H22N4O4. The van der Waals surface area contributed by atoms with E-state index in [0.717, 1.165) is 15.8 Å². The van der Waals surface area contributed by atoms with Crippen molar-refractivity contribution in [2.75, 3.05) is 17.7 Å². The molecule has 3 rings (SSSR count). The number of hydrogen-bond acceptors (Lipinski definition) is 5. The lowest BCUT2D eigenvalue weighted by molar-refractivity contribution is -0.117. The third kappa shape index (κ3) is 4.91. The second-order valence-corrected chi connectivity index (χ2v) is 6.72. The highest BCUT2D eigenvalue weighted by Crippen LogP contribution is 2.22. The predicted octanol–water partition coefficient (Wildman–Crippen LogP) is 2.76. The Kier molecular flexibility index (Phi) is 6.26. The van der Waals surface area contributed by atoms with Gasteiger partial charge < -0.3 is 15.4 Å². The Morgan fingerprint density at radius 2 is 1.77 bits per heavy atom. The molecule has 0 saturated heterocycles. The third-order valence-corrected chi connectivity index (χ3v) is 4.54. The minimum absolute atomic E-state index is 0.0259. The van der Waals surface area contributed by atoms with Crippen molar-refractivity contribution in [3.8, 4) is 5.75 Å². The average Bonchev–Trinajstić information content (AvgIpc) is 2.72. The molecule has 2 amide bonds. The zero-order valence-corrected chi connectivity index (χ0v) is 16.9. The zero-order chi connectivity index (χ0) is 21.7. The fourth-order valence-electron chi connectivity index (χ4n) is 2.77. The van der Waals surface area contributed by atoms with Crippen LogP contribution in [-0.2, 0) is 11.3 Å². The molecule has 30 heavy (non-hydrogen) atoms. The number of carbonyl (C=O) groups excluding carboxylic acids is 2. The van der Waals surface area contributed by atoms with Crippen molar-refractivity contribution in [1.82, 2.24) is 9.78 Å². The maximum Gasteiger partial charge on any atom is 0.276 e. The first kappa shape index (κ1) is 20.8. The van der Waals surface area contributed by atoms with Crippen LogP contribution in [0.5, 0.6) is 5.75 Å². The number of nitrogens with zero attached hydrogens (tertiary/aromatic N) is 2. The summed E-state index contributed by atoms with van der Waals surface area (Å²) in [6.07, 6.45) is 0. The molecule has 8 heteroatoms. The Morgan fingerprint density at radius 1 is 1.00 bits per heavy atom. The van der Waals surface area contributed by atoms with E-state index in [9.17, 15) is 14.4 Å². The van der Waals surface area contributed by atoms with Gasteiger partial charge in [0.2, 0.25) is 5.91 Å². The normalized spacial score (nSPS) is 10.4. The SMILES string of the molecule is COc1ccccc1NC(=O)Cn1nc(C(=O)Nc2ccc(C)c(C)c2)ccc1=O. The molecular weight excluding hydrogens is 384 g/mol. The molecule has 3 aromatic rings. The predicted molar refractivity (Wildman–Crippen MR) is 114 cm³/mol. The van der Waals surface area contributed by atoms with E-state index >= 15 is 0 Å². The van der Waals surface area contributed by atoms with Crippen molar-refractivity contribution < 1.29 is 14.3 Å². The summed E-state index contributed by atoms with van der Waals surface area (Å²) >= 11 is 0. The van der Waals surface area contributed by atoms with Crippen LogP contribution >= 0.6 is 0 Å². The Labute approximate surface area is 173 Å². The molecule has 0 radical (unpaired) electrons. The van der Waals surface area contributed by atoms with Gasteiger partial charge in [0.1, 0.15) is 18.0 Å². The number of carbonyl (C=O) groups is 2. The lowest BCUT2D eigenvalue weighted by Crippen LogP contribution is -2.31. The van der Waals surface area contributed by atoms with Crippen LogP contribution in [0, 0.1) is 13.8 Å². The number of ether oxygens (including phenoxy) is 1. The topological polar surface area (TPSA) is 102 Å². The van der Waals surface area contributed by atoms with E-state index in [1.165, 1.54) is 19.2 Å². The highest BCUT2D eigenvalue weighted by molar-refractivity contribution is 6.02. The van der Waals surface area contributed by atoms with Gasteiger partial charge in [-0.3, -0.25) is 14.4 Å². The van der Waals surface area contributed by atoms with Crippen molar-refractivity contribution >= 4 is 23.2 Å². The standard InChI is InChI=1S/C22H22N4O4/c1-14-8-9-16(12-15(14)2)23-22(29)18-10-11-21(28)26(25-18)13-20(27)24-17-6-4-5-7-19(17)30-3/h4-12H,13H2,1-3H3,(H,23,29)(H,24,27). The summed E-state index contributed by atoms with van der Waals surface area (Å²) in [5, 5.41) is 9.45. The van der Waals surface area contributed by atoms with E-state index in [4.69, 9.17) is 4.74 Å². The lowest BCUT2D eigenvalue weighted by atomic mass is 10.1. The molecule has 0 unspecified atom stereocenters. The van der Waals surface area contributed by atoms with Crippen LogP contribution in [0.3, 0.4) is 0 Å². The fraction of sp³-hybridized carbons (Fsp3) is 0.182. The van der Waals surface area contributed by atoms with E-state index in [-0.39, 0.29) is 12.2 Å². The largest absolute Gasteiger partial charge is 0.495 e. The van der Waals surface area contributed by atoms with Crippen molar-refractivity contribution in [2.24, 2.45) is 0 Å². The summed E-state index contributed by atoms with van der Waals surface area (Å²) in [7, 11) is 1.49. The molecule has 1 heterocycles. The van der Waals surface area contributed by atoms with Crippen LogP contribution in [0.25, 0.3) is 0 Å². The molecule has 0 fully saturated rings. The average molecular weight is 406 g/mol. The molecule has 1 aromatic heterocycles. The van der Waals surface area contributed by atoms with E-state index in [1.54, 1.807) is 30.3 Å². The summed E-state index contributed by atoms with van der Waals surface area (Å²) in [5.74, 6) is -0.453. The quantitative estimate of drug-likeness (QED) is 0.655. The first-order valence-corrected chi connectivity index (χ1v) is 9.27. The summed E-state index contributed by atoms with van der Waals surface area (Å²) in [6, 6.07) is 15.0. The summed E-state index contributed by atoms with van der Waals surface area (Å²) in [6.45, 7) is 3.58. The van der Waals surface area contributed by atoms with Crippen molar-refractivity contribution in [3.63, 3.8) is 0 Å². The summed E-state index contributed by atoms with van der Waals surface area (Å²) < 4.78 is 6.14. The van der Waals surface area contributed by atoms with E-state index in [0.29, 0.717) is 17.1 Å². The molecule has 8 nitrogen and oxygen atoms in total. The van der Waals surface area contributed by atoms with E-state index < -0.39 is 17.4 Å². The highest BCUT2D eigenvalue weighted by atomic mass is 16.5. The fourth-order valence-corrected chi connectivity index (χ4v) is 2.77. The van der Waals surface area contributed by atoms with E-state index in [2.05, 4.69) is 15.7 Å². The van der Waals surface area contributed by atoms with Crippen molar-refractivity contribution in [1.29, 1.82) is 0 Å². The molecule has 0 aliphatic carbocycles. The number of para-hydroxylation sites is 2. The number of aryl methyl sites for hydroxylation is 2. The molecule has 0 saturated carbocycles. The molecule has 0 aliphatic heterocycles. The molecule has 0 bridgehead atoms. The number of nitrogens with one attached hydrogen (secondary N) is 2. The van der Waals surface area contributed by atoms with Crippen LogP contribution in [-0.4, -0.2) is 28.7 Å². The number of benzene rings is 2. The number of aromatic nitrogens is 2. The van der Waals surface area contributed by atoms with Gasteiger partial charge in [0.05, 0.1) is 12.8 Å². The first-order valence-electron chi connectivity index (χ1n) is 9.27. The summed E-state index contributed by atoms with van der Waals surface area (Å²) in [5.41, 5.74) is 2.78. The smallest absolute Gasteiger partial charge is 0.276 e. The Bertz CT molecular complexity index is 1150. The van der Waals surface area contributed by atoms with Crippen LogP contribution in [0.1, 0.15) is 21.6 Å². The van der Waals surface area contributed by atoms with Gasteiger partial charge in [-0.1, -0.05) is 18.2 Å². The number of rotatable bonds is 6. The number of amides is 2. The van der Waals surface area contributed by atoms with Gasteiger partial charge in [-0.2, -0.15) is 5.10 Å². The van der Waals surface area contributed by atoms with Crippen LogP contribution in [0.15, 0.2) is 59.4 Å². The number of anilines is 2. The van der Waals surface area contributed by atoms with Gasteiger partial charge in [0.25, 0.3) is 11.5 Å². The maximum absolute atomic E-state index is 12.5. The Hall–Kier alpha value is -3.94. The van der Waals surface area contributed by atoms with Crippen LogP contribution < -0.4 is 20.9 Å². The number of methoxy groups -OCH3 is 1. The molecule has 0 aliphatic rings. The first-order chi connectivity index (χ1) is 14.4. The van der Waals surface area contributed by atoms with Gasteiger partial charge in [-0.25, -0.2) is 4.68 Å². The maximum atomic E-state index is 12.5. The van der Waals surface area contributed by atoms with Gasteiger partial charge in [-0.05, 0) is 55.3 Å². The molecule has 0 atom stereocenters. The molecule has 2 N–H and O–H groups in total. The second kappa shape index (κ2) is 9.04. The number of hydrogen-bond donors (Lipinski definition) is 2. The molecule has 154 valence electrons.